The van der Waals surface area contributed by atoms with Crippen LogP contribution in [0.15, 0.2) is 0 Å². The van der Waals surface area contributed by atoms with Crippen molar-refractivity contribution in [2.75, 3.05) is 164 Å². The zero-order valence-electron chi connectivity index (χ0n) is 37.1. The van der Waals surface area contributed by atoms with Crippen molar-refractivity contribution in [1.29, 1.82) is 0 Å². The maximum Gasteiger partial charge on any atom is 0.320 e. The van der Waals surface area contributed by atoms with Gasteiger partial charge in [0.05, 0.1) is 64.1 Å². The molecule has 1 saturated heterocycles. The maximum atomic E-state index is 12.6. The normalized spacial score (nSPS) is 15.5. The quantitative estimate of drug-likeness (QED) is 0.0499. The molecule has 23 heteroatoms. The fourth-order valence-electron chi connectivity index (χ4n) is 6.35. The van der Waals surface area contributed by atoms with Crippen LogP contribution in [0.3, 0.4) is 0 Å². The van der Waals surface area contributed by atoms with Crippen LogP contribution in [0, 0.1) is 0 Å². The minimum absolute atomic E-state index is 0.0209. The van der Waals surface area contributed by atoms with Crippen molar-refractivity contribution in [3.8, 4) is 0 Å². The van der Waals surface area contributed by atoms with E-state index in [1.54, 1.807) is 4.90 Å². The van der Waals surface area contributed by atoms with E-state index >= 15 is 0 Å². The molecule has 1 rings (SSSR count). The number of rotatable bonds is 35. The third kappa shape index (κ3) is 31.4. The molecular formula is C40H70N7O16-3. The zero-order chi connectivity index (χ0) is 46.7. The molecule has 0 aromatic carbocycles. The molecule has 0 saturated carbocycles. The molecular weight excluding hydrogens is 834 g/mol. The monoisotopic (exact) mass is 904 g/mol. The van der Waals surface area contributed by atoms with Gasteiger partial charge in [-0.05, 0) is 32.6 Å². The van der Waals surface area contributed by atoms with Gasteiger partial charge in [-0.25, -0.2) is 0 Å². The van der Waals surface area contributed by atoms with E-state index in [2.05, 4.69) is 10.6 Å². The summed E-state index contributed by atoms with van der Waals surface area (Å²) >= 11 is 0. The Morgan fingerprint density at radius 1 is 0.587 bits per heavy atom. The van der Waals surface area contributed by atoms with E-state index in [0.717, 1.165) is 0 Å². The second kappa shape index (κ2) is 36.3. The summed E-state index contributed by atoms with van der Waals surface area (Å²) in [6.45, 7) is 8.11. The first-order valence-electron chi connectivity index (χ1n) is 21.6. The van der Waals surface area contributed by atoms with Crippen LogP contribution in [0.2, 0.25) is 0 Å². The average Bonchev–Trinajstić information content (AvgIpc) is 3.21. The van der Waals surface area contributed by atoms with Gasteiger partial charge in [-0.3, -0.25) is 38.8 Å². The number of amides is 3. The molecule has 3 N–H and O–H groups in total. The highest BCUT2D eigenvalue weighted by Gasteiger charge is 2.28. The molecule has 1 unspecified atom stereocenters. The van der Waals surface area contributed by atoms with Crippen LogP contribution < -0.4 is 26.0 Å². The number of carbonyl (C=O) groups excluding carboxylic acids is 6. The molecule has 3 amide bonds. The van der Waals surface area contributed by atoms with Crippen molar-refractivity contribution >= 4 is 41.6 Å². The number of nitrogens with one attached hydrogen (secondary N) is 2. The van der Waals surface area contributed by atoms with Gasteiger partial charge in [-0.15, -0.1) is 0 Å². The summed E-state index contributed by atoms with van der Waals surface area (Å²) in [6, 6.07) is -1.14. The molecule has 0 radical (unpaired) electrons. The summed E-state index contributed by atoms with van der Waals surface area (Å²) in [6.07, 6.45) is 1.53. The molecule has 1 fully saturated rings. The van der Waals surface area contributed by atoms with Gasteiger partial charge in [-0.2, -0.15) is 0 Å². The van der Waals surface area contributed by atoms with Crippen LogP contribution in [-0.4, -0.2) is 241 Å². The lowest BCUT2D eigenvalue weighted by Crippen LogP contribution is -2.53. The van der Waals surface area contributed by atoms with Gasteiger partial charge in [-0.1, -0.05) is 0 Å². The number of aliphatic carboxylic acids is 4. The molecule has 0 aromatic rings. The van der Waals surface area contributed by atoms with E-state index in [-0.39, 0.29) is 89.5 Å². The molecule has 0 aliphatic carbocycles. The Morgan fingerprint density at radius 3 is 1.40 bits per heavy atom. The highest BCUT2D eigenvalue weighted by molar-refractivity contribution is 5.83. The van der Waals surface area contributed by atoms with Gasteiger partial charge >= 0.3 is 5.97 Å². The Bertz CT molecular complexity index is 1300. The largest absolute Gasteiger partial charge is 0.549 e. The summed E-state index contributed by atoms with van der Waals surface area (Å²) in [7, 11) is 0. The smallest absolute Gasteiger partial charge is 0.320 e. The molecule has 23 nitrogen and oxygen atoms in total. The van der Waals surface area contributed by atoms with Gasteiger partial charge in [0.2, 0.25) is 17.7 Å². The molecule has 364 valence electrons. The third-order valence-corrected chi connectivity index (χ3v) is 9.69. The van der Waals surface area contributed by atoms with Crippen LogP contribution >= 0.6 is 0 Å². The summed E-state index contributed by atoms with van der Waals surface area (Å²) in [4.78, 5) is 91.0. The molecule has 1 aliphatic rings. The Hall–Kier alpha value is -4.07. The lowest BCUT2D eigenvalue weighted by molar-refractivity contribution is -0.308. The van der Waals surface area contributed by atoms with E-state index < -0.39 is 49.6 Å². The Morgan fingerprint density at radius 2 is 0.984 bits per heavy atom. The number of ether oxygens (including phenoxy) is 5. The standard InChI is InChI=1S/C40H73N7O16/c1-3-59-23-24-62-22-6-11-47(33(2)48)29-36(50)42-10-5-21-61-26-28-63-27-25-60-20-4-9-41-35(49)8-7-34(40(57)58)46-18-16-44(31-38(53)54)14-12-43(30-37(51)52)13-15-45(17-19-46)32-39(55)56/h34H,3-32H2,1-2H3,(H,41,49)(H,42,50)(H,51,52)(H,53,54)(H,55,56)(H,57,58)/p-3. The Labute approximate surface area is 370 Å². The number of nitrogens with zero attached hydrogens (tertiary/aromatic N) is 5. The van der Waals surface area contributed by atoms with E-state index in [1.807, 2.05) is 6.92 Å². The first-order valence-corrected chi connectivity index (χ1v) is 21.6. The van der Waals surface area contributed by atoms with Gasteiger partial charge in [0, 0.05) is 131 Å². The van der Waals surface area contributed by atoms with E-state index in [0.29, 0.717) is 105 Å². The van der Waals surface area contributed by atoms with Crippen molar-refractivity contribution < 1.29 is 77.7 Å². The van der Waals surface area contributed by atoms with Crippen molar-refractivity contribution in [2.24, 2.45) is 0 Å². The third-order valence-electron chi connectivity index (χ3n) is 9.69. The lowest BCUT2D eigenvalue weighted by atomic mass is 10.1. The zero-order valence-corrected chi connectivity index (χ0v) is 37.1. The fourth-order valence-corrected chi connectivity index (χ4v) is 6.35. The van der Waals surface area contributed by atoms with Gasteiger partial charge in [0.15, 0.2) is 0 Å². The molecule has 1 heterocycles. The van der Waals surface area contributed by atoms with Gasteiger partial charge in [0.25, 0.3) is 0 Å². The summed E-state index contributed by atoms with van der Waals surface area (Å²) in [5.74, 6) is -6.06. The predicted octanol–water partition coefficient (Wildman–Crippen LogP) is -5.95. The molecule has 1 atom stereocenters. The topological polar surface area (TPSA) is 295 Å². The summed E-state index contributed by atoms with van der Waals surface area (Å²) < 4.78 is 27.2. The van der Waals surface area contributed by atoms with E-state index in [1.165, 1.54) is 26.5 Å². The van der Waals surface area contributed by atoms with Crippen LogP contribution in [0.25, 0.3) is 0 Å². The van der Waals surface area contributed by atoms with E-state index in [9.17, 15) is 54.0 Å². The molecule has 63 heavy (non-hydrogen) atoms. The van der Waals surface area contributed by atoms with Crippen LogP contribution in [0.5, 0.6) is 0 Å². The van der Waals surface area contributed by atoms with Crippen LogP contribution in [0.4, 0.5) is 0 Å². The Balaban J connectivity index is 2.31. The molecule has 0 spiro atoms. The van der Waals surface area contributed by atoms with Gasteiger partial charge < -0.3 is 74.0 Å². The first-order chi connectivity index (χ1) is 30.2. The molecule has 1 aliphatic heterocycles. The number of carboxylic acids is 4. The van der Waals surface area contributed by atoms with Crippen molar-refractivity contribution in [1.82, 2.24) is 35.1 Å². The highest BCUT2D eigenvalue weighted by Crippen LogP contribution is 2.11. The second-order valence-corrected chi connectivity index (χ2v) is 14.7. The summed E-state index contributed by atoms with van der Waals surface area (Å²) in [5, 5.41) is 49.9. The van der Waals surface area contributed by atoms with Crippen LogP contribution in [-0.2, 0) is 57.2 Å². The average molecular weight is 905 g/mol. The lowest BCUT2D eigenvalue weighted by Gasteiger charge is -2.36. The number of carboxylic acid groups (broad SMARTS) is 4. The summed E-state index contributed by atoms with van der Waals surface area (Å²) in [5.41, 5.74) is 0. The maximum absolute atomic E-state index is 12.6. The first kappa shape index (κ1) is 56.9. The van der Waals surface area contributed by atoms with Crippen molar-refractivity contribution in [2.45, 2.75) is 52.0 Å². The number of hydrogen-bond acceptors (Lipinski definition) is 19. The highest BCUT2D eigenvalue weighted by atomic mass is 16.5. The molecule has 0 bridgehead atoms. The number of carbonyl (C=O) groups is 7. The van der Waals surface area contributed by atoms with Crippen molar-refractivity contribution in [3.05, 3.63) is 0 Å². The fraction of sp³-hybridized carbons (Fsp3) is 0.825. The minimum atomic E-state index is -1.36. The Kier molecular flexibility index (Phi) is 32.8. The molecule has 0 aromatic heterocycles. The SMILES string of the molecule is CCOCCOCCCN(CC(=O)NCCCOCCOCCOCCCNC(=O)CCC(C(=O)O)N1CCN(CC(=O)[O-])CCN(CC(=O)[O-])CCN(CC(=O)[O-])CC1)C(C)=O. The number of hydrogen-bond donors (Lipinski definition) is 3. The second-order valence-electron chi connectivity index (χ2n) is 14.7. The predicted molar refractivity (Wildman–Crippen MR) is 218 cm³/mol. The van der Waals surface area contributed by atoms with Crippen molar-refractivity contribution in [3.63, 3.8) is 0 Å². The van der Waals surface area contributed by atoms with Crippen LogP contribution in [0.1, 0.15) is 46.0 Å². The van der Waals surface area contributed by atoms with E-state index in [4.69, 9.17) is 23.7 Å². The van der Waals surface area contributed by atoms with Gasteiger partial charge in [0.1, 0.15) is 6.04 Å². The minimum Gasteiger partial charge on any atom is -0.549 e.